The number of nitrogens with two attached hydrogens (primary N) is 1. The molecule has 1 heterocycles. The summed E-state index contributed by atoms with van der Waals surface area (Å²) in [7, 11) is 0. The number of rotatable bonds is 1. The van der Waals surface area contributed by atoms with Crippen LogP contribution in [-0.2, 0) is 0 Å². The van der Waals surface area contributed by atoms with Gasteiger partial charge in [-0.2, -0.15) is 0 Å². The quantitative estimate of drug-likeness (QED) is 0.834. The Labute approximate surface area is 106 Å². The van der Waals surface area contributed by atoms with Crippen molar-refractivity contribution in [2.75, 3.05) is 13.1 Å². The molecule has 0 aromatic heterocycles. The molecular weight excluding hydrogens is 243 g/mol. The Bertz CT molecular complexity index is 425. The van der Waals surface area contributed by atoms with Crippen LogP contribution in [0.15, 0.2) is 18.2 Å². The molecule has 1 aromatic rings. The predicted octanol–water partition coefficient (Wildman–Crippen LogP) is 1.73. The van der Waals surface area contributed by atoms with Crippen LogP contribution in [0.25, 0.3) is 0 Å². The average molecular weight is 259 g/mol. The molecule has 0 bridgehead atoms. The molecule has 5 heteroatoms. The minimum atomic E-state index is -0.423. The van der Waals surface area contributed by atoms with Gasteiger partial charge in [0.15, 0.2) is 0 Å². The molecule has 1 aliphatic heterocycles. The normalized spacial score (nSPS) is 19.0. The summed E-state index contributed by atoms with van der Waals surface area (Å²) in [4.78, 5) is 13.6. The fourth-order valence-electron chi connectivity index (χ4n) is 1.95. The summed E-state index contributed by atoms with van der Waals surface area (Å²) in [6.07, 6.45) is 0.791. The standard InChI is InChI=1S/C12H15FN2O.ClH/c1-8-3-2-4-10(11(8)13)12(16)15-6-5-9(14)7-15;/h2-4,9H,5-7,14H2,1H3;1H. The zero-order valence-corrected chi connectivity index (χ0v) is 10.5. The Hall–Kier alpha value is -1.13. The number of hydrogen-bond acceptors (Lipinski definition) is 2. The molecule has 3 nitrogen and oxygen atoms in total. The smallest absolute Gasteiger partial charge is 0.256 e. The van der Waals surface area contributed by atoms with Crippen LogP contribution in [-0.4, -0.2) is 29.9 Å². The second-order valence-electron chi connectivity index (χ2n) is 4.24. The molecule has 0 radical (unpaired) electrons. The van der Waals surface area contributed by atoms with Crippen LogP contribution in [0.4, 0.5) is 4.39 Å². The minimum absolute atomic E-state index is 0. The van der Waals surface area contributed by atoms with Crippen molar-refractivity contribution in [2.24, 2.45) is 5.73 Å². The average Bonchev–Trinajstić information content (AvgIpc) is 2.68. The zero-order valence-electron chi connectivity index (χ0n) is 9.65. The molecule has 2 rings (SSSR count). The summed E-state index contributed by atoms with van der Waals surface area (Å²) in [6.45, 7) is 2.79. The lowest BCUT2D eigenvalue weighted by Crippen LogP contribution is -2.32. The van der Waals surface area contributed by atoms with Gasteiger partial charge in [0.25, 0.3) is 5.91 Å². The number of likely N-dealkylation sites (tertiary alicyclic amines) is 1. The Kier molecular flexibility index (Phi) is 4.48. The minimum Gasteiger partial charge on any atom is -0.337 e. The van der Waals surface area contributed by atoms with Gasteiger partial charge in [0.1, 0.15) is 5.82 Å². The Morgan fingerprint density at radius 1 is 1.53 bits per heavy atom. The molecule has 1 fully saturated rings. The van der Waals surface area contributed by atoms with E-state index in [1.165, 1.54) is 6.07 Å². The van der Waals surface area contributed by atoms with Gasteiger partial charge in [-0.05, 0) is 25.0 Å². The maximum Gasteiger partial charge on any atom is 0.256 e. The molecule has 0 saturated carbocycles. The molecule has 0 spiro atoms. The maximum absolute atomic E-state index is 13.7. The van der Waals surface area contributed by atoms with Crippen molar-refractivity contribution in [2.45, 2.75) is 19.4 Å². The van der Waals surface area contributed by atoms with E-state index in [-0.39, 0.29) is 29.9 Å². The van der Waals surface area contributed by atoms with Crippen LogP contribution in [0.1, 0.15) is 22.3 Å². The van der Waals surface area contributed by atoms with Crippen LogP contribution >= 0.6 is 12.4 Å². The lowest BCUT2D eigenvalue weighted by Gasteiger charge is -2.16. The summed E-state index contributed by atoms with van der Waals surface area (Å²) in [5.41, 5.74) is 6.36. The van der Waals surface area contributed by atoms with Crippen LogP contribution in [0.2, 0.25) is 0 Å². The SMILES string of the molecule is Cc1cccc(C(=O)N2CCC(N)C2)c1F.Cl. The monoisotopic (exact) mass is 258 g/mol. The number of carbonyl (C=O) groups is 1. The number of halogens is 2. The molecule has 1 saturated heterocycles. The van der Waals surface area contributed by atoms with E-state index in [1.807, 2.05) is 0 Å². The highest BCUT2D eigenvalue weighted by atomic mass is 35.5. The van der Waals surface area contributed by atoms with Crippen LogP contribution < -0.4 is 5.73 Å². The van der Waals surface area contributed by atoms with Gasteiger partial charge in [0, 0.05) is 19.1 Å². The first-order valence-corrected chi connectivity index (χ1v) is 5.39. The number of benzene rings is 1. The number of nitrogens with zero attached hydrogens (tertiary/aromatic N) is 1. The van der Waals surface area contributed by atoms with Crippen molar-refractivity contribution in [3.05, 3.63) is 35.1 Å². The largest absolute Gasteiger partial charge is 0.337 e. The topological polar surface area (TPSA) is 46.3 Å². The predicted molar refractivity (Wildman–Crippen MR) is 66.9 cm³/mol. The van der Waals surface area contributed by atoms with Crippen LogP contribution in [0.5, 0.6) is 0 Å². The number of amides is 1. The van der Waals surface area contributed by atoms with Gasteiger partial charge < -0.3 is 10.6 Å². The summed E-state index contributed by atoms with van der Waals surface area (Å²) in [5.74, 6) is -0.679. The van der Waals surface area contributed by atoms with Gasteiger partial charge in [-0.15, -0.1) is 12.4 Å². The molecule has 1 unspecified atom stereocenters. The number of aryl methyl sites for hydroxylation is 1. The lowest BCUT2D eigenvalue weighted by molar-refractivity contribution is 0.0786. The van der Waals surface area contributed by atoms with Gasteiger partial charge in [-0.3, -0.25) is 4.79 Å². The van der Waals surface area contributed by atoms with Crippen molar-refractivity contribution < 1.29 is 9.18 Å². The third kappa shape index (κ3) is 2.76. The van der Waals surface area contributed by atoms with Gasteiger partial charge in [-0.1, -0.05) is 12.1 Å². The van der Waals surface area contributed by atoms with E-state index < -0.39 is 5.82 Å². The molecule has 1 amide bonds. The van der Waals surface area contributed by atoms with Crippen molar-refractivity contribution in [3.63, 3.8) is 0 Å². The molecule has 2 N–H and O–H groups in total. The fraction of sp³-hybridized carbons (Fsp3) is 0.417. The van der Waals surface area contributed by atoms with Gasteiger partial charge in [0.05, 0.1) is 5.56 Å². The Morgan fingerprint density at radius 2 is 2.24 bits per heavy atom. The van der Waals surface area contributed by atoms with Crippen LogP contribution in [0.3, 0.4) is 0 Å². The first-order chi connectivity index (χ1) is 7.59. The first kappa shape index (κ1) is 13.9. The molecule has 1 aromatic carbocycles. The second kappa shape index (κ2) is 5.47. The molecular formula is C12H16ClFN2O. The summed E-state index contributed by atoms with van der Waals surface area (Å²) in [6, 6.07) is 4.90. The lowest BCUT2D eigenvalue weighted by atomic mass is 10.1. The molecule has 17 heavy (non-hydrogen) atoms. The van der Waals surface area contributed by atoms with Gasteiger partial charge in [-0.25, -0.2) is 4.39 Å². The molecule has 1 atom stereocenters. The Balaban J connectivity index is 0.00000144. The van der Waals surface area contributed by atoms with Crippen molar-refractivity contribution in [1.82, 2.24) is 4.90 Å². The fourth-order valence-corrected chi connectivity index (χ4v) is 1.95. The number of hydrogen-bond donors (Lipinski definition) is 1. The third-order valence-corrected chi connectivity index (χ3v) is 2.93. The van der Waals surface area contributed by atoms with E-state index in [1.54, 1.807) is 24.0 Å². The van der Waals surface area contributed by atoms with Crippen molar-refractivity contribution >= 4 is 18.3 Å². The second-order valence-corrected chi connectivity index (χ2v) is 4.24. The van der Waals surface area contributed by atoms with Crippen molar-refractivity contribution in [1.29, 1.82) is 0 Å². The highest BCUT2D eigenvalue weighted by molar-refractivity contribution is 5.94. The summed E-state index contributed by atoms with van der Waals surface area (Å²) < 4.78 is 13.7. The van der Waals surface area contributed by atoms with E-state index in [9.17, 15) is 9.18 Å². The number of carbonyl (C=O) groups excluding carboxylic acids is 1. The third-order valence-electron chi connectivity index (χ3n) is 2.93. The molecule has 0 aliphatic carbocycles. The van der Waals surface area contributed by atoms with E-state index >= 15 is 0 Å². The van der Waals surface area contributed by atoms with E-state index in [0.717, 1.165) is 6.42 Å². The highest BCUT2D eigenvalue weighted by Gasteiger charge is 2.26. The molecule has 94 valence electrons. The maximum atomic E-state index is 13.7. The molecule has 1 aliphatic rings. The van der Waals surface area contributed by atoms with Gasteiger partial charge >= 0.3 is 0 Å². The van der Waals surface area contributed by atoms with E-state index in [0.29, 0.717) is 18.7 Å². The Morgan fingerprint density at radius 3 is 2.82 bits per heavy atom. The zero-order chi connectivity index (χ0) is 11.7. The summed E-state index contributed by atoms with van der Waals surface area (Å²) in [5, 5.41) is 0. The van der Waals surface area contributed by atoms with Gasteiger partial charge in [0.2, 0.25) is 0 Å². The summed E-state index contributed by atoms with van der Waals surface area (Å²) >= 11 is 0. The first-order valence-electron chi connectivity index (χ1n) is 5.39. The van der Waals surface area contributed by atoms with E-state index in [2.05, 4.69) is 0 Å². The highest BCUT2D eigenvalue weighted by Crippen LogP contribution is 2.17. The van der Waals surface area contributed by atoms with Crippen LogP contribution in [0, 0.1) is 12.7 Å². The van der Waals surface area contributed by atoms with E-state index in [4.69, 9.17) is 5.73 Å². The van der Waals surface area contributed by atoms with Crippen molar-refractivity contribution in [3.8, 4) is 0 Å².